The van der Waals surface area contributed by atoms with Crippen LogP contribution in [0.25, 0.3) is 0 Å². The van der Waals surface area contributed by atoms with E-state index in [1.165, 1.54) is 0 Å². The summed E-state index contributed by atoms with van der Waals surface area (Å²) in [5.74, 6) is 0.606. The van der Waals surface area contributed by atoms with Crippen LogP contribution in [0.2, 0.25) is 0 Å². The Labute approximate surface area is 180 Å². The van der Waals surface area contributed by atoms with Crippen molar-refractivity contribution in [1.29, 1.82) is 0 Å². The van der Waals surface area contributed by atoms with Crippen molar-refractivity contribution in [1.82, 2.24) is 0 Å². The van der Waals surface area contributed by atoms with Gasteiger partial charge in [0, 0.05) is 30.1 Å². The van der Waals surface area contributed by atoms with E-state index in [0.717, 1.165) is 50.5 Å². The molecule has 7 atom stereocenters. The Balaban J connectivity index is 1.57. The highest BCUT2D eigenvalue weighted by Gasteiger charge is 2.61. The second kappa shape index (κ2) is 8.00. The van der Waals surface area contributed by atoms with Gasteiger partial charge < -0.3 is 5.11 Å². The van der Waals surface area contributed by atoms with Crippen molar-refractivity contribution in [2.45, 2.75) is 97.5 Å². The third-order valence-electron chi connectivity index (χ3n) is 9.40. The molecule has 3 saturated carbocycles. The Kier molecular flexibility index (Phi) is 5.85. The fraction of sp³-hybridized carbons (Fsp3) is 0.808. The molecule has 166 valence electrons. The fourth-order valence-corrected chi connectivity index (χ4v) is 7.47. The first-order valence-electron chi connectivity index (χ1n) is 12.2. The summed E-state index contributed by atoms with van der Waals surface area (Å²) in [7, 11) is 0. The van der Waals surface area contributed by atoms with E-state index in [4.69, 9.17) is 0 Å². The van der Waals surface area contributed by atoms with Gasteiger partial charge in [-0.05, 0) is 61.9 Å². The molecule has 30 heavy (non-hydrogen) atoms. The first kappa shape index (κ1) is 21.9. The molecule has 0 heterocycles. The third-order valence-corrected chi connectivity index (χ3v) is 9.40. The molecule has 4 nitrogen and oxygen atoms in total. The van der Waals surface area contributed by atoms with E-state index >= 15 is 0 Å². The molecule has 0 saturated heterocycles. The molecule has 1 unspecified atom stereocenters. The van der Waals surface area contributed by atoms with E-state index < -0.39 is 6.10 Å². The molecule has 0 aromatic carbocycles. The normalized spacial score (nSPS) is 42.9. The molecule has 0 aromatic rings. The minimum Gasteiger partial charge on any atom is -0.392 e. The van der Waals surface area contributed by atoms with Crippen LogP contribution >= 0.6 is 0 Å². The van der Waals surface area contributed by atoms with Crippen LogP contribution in [0.4, 0.5) is 0 Å². The molecular weight excluding hydrogens is 376 g/mol. The lowest BCUT2D eigenvalue weighted by atomic mass is 9.46. The molecule has 4 heteroatoms. The number of allylic oxidation sites excluding steroid dienone is 1. The predicted molar refractivity (Wildman–Crippen MR) is 116 cm³/mol. The molecule has 4 aliphatic carbocycles. The smallest absolute Gasteiger partial charge is 0.159 e. The van der Waals surface area contributed by atoms with Crippen LogP contribution in [-0.2, 0) is 14.4 Å². The average molecular weight is 415 g/mol. The van der Waals surface area contributed by atoms with E-state index in [-0.39, 0.29) is 46.1 Å². The molecule has 4 rings (SSSR count). The molecule has 0 radical (unpaired) electrons. The summed E-state index contributed by atoms with van der Waals surface area (Å²) in [4.78, 5) is 38.8. The molecule has 4 aliphatic rings. The Morgan fingerprint density at radius 3 is 2.57 bits per heavy atom. The number of rotatable bonds is 6. The van der Waals surface area contributed by atoms with Crippen LogP contribution in [0.5, 0.6) is 0 Å². The summed E-state index contributed by atoms with van der Waals surface area (Å²) in [6.45, 7) is 6.46. The summed E-state index contributed by atoms with van der Waals surface area (Å²) in [6.07, 6.45) is 10.2. The first-order chi connectivity index (χ1) is 14.2. The number of Topliss-reactive ketones (excluding diaryl/α,β-unsaturated/α-hetero) is 2. The van der Waals surface area contributed by atoms with Gasteiger partial charge in [-0.1, -0.05) is 45.6 Å². The highest BCUT2D eigenvalue weighted by molar-refractivity contribution is 5.97. The highest BCUT2D eigenvalue weighted by Crippen LogP contribution is 2.63. The van der Waals surface area contributed by atoms with Gasteiger partial charge in [0.25, 0.3) is 0 Å². The fourth-order valence-electron chi connectivity index (χ4n) is 7.47. The third kappa shape index (κ3) is 3.34. The lowest BCUT2D eigenvalue weighted by molar-refractivity contribution is -0.142. The second-order valence-corrected chi connectivity index (χ2v) is 11.0. The van der Waals surface area contributed by atoms with E-state index in [9.17, 15) is 19.5 Å². The molecule has 0 spiro atoms. The standard InChI is InChI=1S/C26H38O4/c1-4-5-6-7-8-20(27)17-15-26(3)16(13-21(17)28)14-22(29)24-18-9-10-23(30)25(18,2)12-11-19(24)26/h14,17-19,21,24,28H,4-13,15H2,1-3H3/t17?,18-,19-,21+,24-,25-,26-/m0/s1. The van der Waals surface area contributed by atoms with Crippen molar-refractivity contribution in [3.63, 3.8) is 0 Å². The maximum atomic E-state index is 13.2. The molecular formula is C26H38O4. The highest BCUT2D eigenvalue weighted by atomic mass is 16.3. The van der Waals surface area contributed by atoms with Crippen molar-refractivity contribution in [2.24, 2.45) is 34.5 Å². The van der Waals surface area contributed by atoms with Crippen LogP contribution in [0.1, 0.15) is 91.4 Å². The molecule has 0 bridgehead atoms. The van der Waals surface area contributed by atoms with Crippen LogP contribution in [0, 0.1) is 34.5 Å². The average Bonchev–Trinajstić information content (AvgIpc) is 3.01. The lowest BCUT2D eigenvalue weighted by Crippen LogP contribution is -2.55. The summed E-state index contributed by atoms with van der Waals surface area (Å²) in [5, 5.41) is 10.8. The molecule has 0 amide bonds. The minimum atomic E-state index is -0.672. The van der Waals surface area contributed by atoms with Gasteiger partial charge in [-0.3, -0.25) is 14.4 Å². The zero-order chi connectivity index (χ0) is 21.7. The van der Waals surface area contributed by atoms with Crippen molar-refractivity contribution in [3.8, 4) is 0 Å². The van der Waals surface area contributed by atoms with Crippen molar-refractivity contribution >= 4 is 17.3 Å². The first-order valence-corrected chi connectivity index (χ1v) is 12.2. The zero-order valence-electron chi connectivity index (χ0n) is 18.9. The Morgan fingerprint density at radius 1 is 1.10 bits per heavy atom. The number of aliphatic hydroxyl groups is 1. The van der Waals surface area contributed by atoms with Gasteiger partial charge in [0.2, 0.25) is 0 Å². The van der Waals surface area contributed by atoms with Gasteiger partial charge in [-0.25, -0.2) is 0 Å². The summed E-state index contributed by atoms with van der Waals surface area (Å²) < 4.78 is 0. The Hall–Kier alpha value is -1.29. The van der Waals surface area contributed by atoms with Crippen molar-refractivity contribution in [2.75, 3.05) is 0 Å². The topological polar surface area (TPSA) is 71.4 Å². The number of carbonyl (C=O) groups is 3. The van der Waals surface area contributed by atoms with Crippen LogP contribution in [-0.4, -0.2) is 28.6 Å². The second-order valence-electron chi connectivity index (χ2n) is 11.0. The molecule has 1 N–H and O–H groups in total. The van der Waals surface area contributed by atoms with Crippen LogP contribution in [0.3, 0.4) is 0 Å². The van der Waals surface area contributed by atoms with Gasteiger partial charge in [-0.15, -0.1) is 0 Å². The number of aliphatic hydroxyl groups excluding tert-OH is 1. The van der Waals surface area contributed by atoms with Gasteiger partial charge in [0.05, 0.1) is 6.10 Å². The number of fused-ring (bicyclic) bond motifs is 5. The van der Waals surface area contributed by atoms with E-state index in [2.05, 4.69) is 20.8 Å². The SMILES string of the molecule is CCCCCCC(=O)C1C[C@@]2(C)C(=CC(=O)[C@@H]3[C@@H]2CC[C@]2(C)C(=O)CC[C@@H]32)C[C@H]1O. The number of ketones is 3. The van der Waals surface area contributed by atoms with Crippen LogP contribution < -0.4 is 0 Å². The maximum Gasteiger partial charge on any atom is 0.159 e. The summed E-state index contributed by atoms with van der Waals surface area (Å²) in [5.41, 5.74) is 0.486. The Bertz CT molecular complexity index is 767. The van der Waals surface area contributed by atoms with Crippen molar-refractivity contribution in [3.05, 3.63) is 11.6 Å². The van der Waals surface area contributed by atoms with Gasteiger partial charge in [0.15, 0.2) is 5.78 Å². The summed E-state index contributed by atoms with van der Waals surface area (Å²) in [6, 6.07) is 0. The van der Waals surface area contributed by atoms with Gasteiger partial charge in [0.1, 0.15) is 11.6 Å². The monoisotopic (exact) mass is 414 g/mol. The van der Waals surface area contributed by atoms with Gasteiger partial charge >= 0.3 is 0 Å². The van der Waals surface area contributed by atoms with Gasteiger partial charge in [-0.2, -0.15) is 0 Å². The minimum absolute atomic E-state index is 0.0977. The maximum absolute atomic E-state index is 13.2. The van der Waals surface area contributed by atoms with E-state index in [1.54, 1.807) is 6.08 Å². The number of carbonyl (C=O) groups excluding carboxylic acids is 3. The summed E-state index contributed by atoms with van der Waals surface area (Å²) >= 11 is 0. The number of unbranched alkanes of at least 4 members (excludes halogenated alkanes) is 3. The molecule has 3 fully saturated rings. The van der Waals surface area contributed by atoms with Crippen LogP contribution in [0.15, 0.2) is 11.6 Å². The largest absolute Gasteiger partial charge is 0.392 e. The van der Waals surface area contributed by atoms with E-state index in [1.807, 2.05) is 0 Å². The van der Waals surface area contributed by atoms with E-state index in [0.29, 0.717) is 31.5 Å². The predicted octanol–water partition coefficient (Wildman–Crippen LogP) is 4.82. The van der Waals surface area contributed by atoms with Crippen molar-refractivity contribution < 1.29 is 19.5 Å². The zero-order valence-corrected chi connectivity index (χ0v) is 18.9. The lowest BCUT2D eigenvalue weighted by Gasteiger charge is -2.56. The number of hydrogen-bond donors (Lipinski definition) is 1. The number of hydrogen-bond acceptors (Lipinski definition) is 4. The molecule has 0 aliphatic heterocycles. The Morgan fingerprint density at radius 2 is 1.83 bits per heavy atom. The molecule has 0 aromatic heterocycles. The quantitative estimate of drug-likeness (QED) is 0.632.